The lowest BCUT2D eigenvalue weighted by Crippen LogP contribution is -2.30. The Kier molecular flexibility index (Phi) is 5.43. The molecule has 0 spiro atoms. The maximum Gasteiger partial charge on any atom is 0.267 e. The first-order chi connectivity index (χ1) is 12.6. The minimum Gasteiger partial charge on any atom is -0.493 e. The third-order valence-corrected chi connectivity index (χ3v) is 3.89. The van der Waals surface area contributed by atoms with E-state index in [2.05, 4.69) is 10.5 Å². The Balaban J connectivity index is 1.65. The van der Waals surface area contributed by atoms with Crippen LogP contribution in [0.5, 0.6) is 11.5 Å². The molecule has 0 aliphatic carbocycles. The van der Waals surface area contributed by atoms with Gasteiger partial charge in [-0.1, -0.05) is 41.0 Å². The third-order valence-electron chi connectivity index (χ3n) is 3.64. The van der Waals surface area contributed by atoms with Crippen molar-refractivity contribution in [2.24, 2.45) is 0 Å². The van der Waals surface area contributed by atoms with Gasteiger partial charge < -0.3 is 14.0 Å². The van der Waals surface area contributed by atoms with Crippen LogP contribution in [-0.4, -0.2) is 24.3 Å². The zero-order chi connectivity index (χ0) is 18.5. The van der Waals surface area contributed by atoms with Gasteiger partial charge in [0.1, 0.15) is 5.69 Å². The largest absolute Gasteiger partial charge is 0.493 e. The van der Waals surface area contributed by atoms with E-state index in [1.54, 1.807) is 50.4 Å². The van der Waals surface area contributed by atoms with Gasteiger partial charge in [0, 0.05) is 16.7 Å². The highest BCUT2D eigenvalue weighted by atomic mass is 35.5. The summed E-state index contributed by atoms with van der Waals surface area (Å²) < 4.78 is 16.0. The molecule has 1 heterocycles. The molecule has 6 nitrogen and oxygen atoms in total. The standard InChI is InChI=1S/C19H17ClN2O4/c1-12(25-17-6-4-3-5-16(17)24-2)19(23)21-18-11-15(22-26-18)13-7-9-14(20)10-8-13/h3-12H,1-2H3,(H,21,23)/t12-/m1/s1. The predicted octanol–water partition coefficient (Wildman–Crippen LogP) is 4.41. The first-order valence-corrected chi connectivity index (χ1v) is 8.28. The first-order valence-electron chi connectivity index (χ1n) is 7.90. The smallest absolute Gasteiger partial charge is 0.267 e. The van der Waals surface area contributed by atoms with Crippen LogP contribution in [0.4, 0.5) is 5.88 Å². The van der Waals surface area contributed by atoms with Crippen molar-refractivity contribution >= 4 is 23.4 Å². The molecule has 0 aliphatic heterocycles. The van der Waals surface area contributed by atoms with Crippen LogP contribution in [0.15, 0.2) is 59.1 Å². The molecule has 1 N–H and O–H groups in total. The number of methoxy groups -OCH3 is 1. The number of carbonyl (C=O) groups is 1. The fourth-order valence-electron chi connectivity index (χ4n) is 2.27. The minimum atomic E-state index is -0.754. The van der Waals surface area contributed by atoms with E-state index in [0.29, 0.717) is 22.2 Å². The van der Waals surface area contributed by atoms with E-state index in [0.717, 1.165) is 5.56 Å². The van der Waals surface area contributed by atoms with Crippen LogP contribution in [-0.2, 0) is 4.79 Å². The van der Waals surface area contributed by atoms with E-state index in [-0.39, 0.29) is 11.8 Å². The van der Waals surface area contributed by atoms with Crippen LogP contribution >= 0.6 is 11.6 Å². The van der Waals surface area contributed by atoms with E-state index >= 15 is 0 Å². The van der Waals surface area contributed by atoms with Gasteiger partial charge >= 0.3 is 0 Å². The van der Waals surface area contributed by atoms with E-state index in [1.165, 1.54) is 0 Å². The summed E-state index contributed by atoms with van der Waals surface area (Å²) >= 11 is 5.87. The summed E-state index contributed by atoms with van der Waals surface area (Å²) in [7, 11) is 1.54. The lowest BCUT2D eigenvalue weighted by molar-refractivity contribution is -0.122. The van der Waals surface area contributed by atoms with E-state index in [9.17, 15) is 4.79 Å². The highest BCUT2D eigenvalue weighted by molar-refractivity contribution is 6.30. The van der Waals surface area contributed by atoms with Gasteiger partial charge in [-0.15, -0.1) is 0 Å². The Labute approximate surface area is 155 Å². The number of nitrogens with one attached hydrogen (secondary N) is 1. The molecular weight excluding hydrogens is 356 g/mol. The zero-order valence-corrected chi connectivity index (χ0v) is 15.0. The summed E-state index contributed by atoms with van der Waals surface area (Å²) in [5.41, 5.74) is 1.42. The van der Waals surface area contributed by atoms with Gasteiger partial charge in [0.25, 0.3) is 5.91 Å². The number of aromatic nitrogens is 1. The SMILES string of the molecule is COc1ccccc1O[C@H](C)C(=O)Nc1cc(-c2ccc(Cl)cc2)no1. The quantitative estimate of drug-likeness (QED) is 0.693. The molecule has 134 valence electrons. The predicted molar refractivity (Wildman–Crippen MR) is 98.7 cm³/mol. The summed E-state index contributed by atoms with van der Waals surface area (Å²) in [4.78, 5) is 12.3. The van der Waals surface area contributed by atoms with Crippen molar-refractivity contribution in [3.63, 3.8) is 0 Å². The number of benzene rings is 2. The van der Waals surface area contributed by atoms with Crippen molar-refractivity contribution < 1.29 is 18.8 Å². The Morgan fingerprint density at radius 2 is 1.85 bits per heavy atom. The van der Waals surface area contributed by atoms with Crippen molar-refractivity contribution in [1.29, 1.82) is 0 Å². The molecule has 2 aromatic carbocycles. The fraction of sp³-hybridized carbons (Fsp3) is 0.158. The van der Waals surface area contributed by atoms with Gasteiger partial charge in [-0.25, -0.2) is 0 Å². The zero-order valence-electron chi connectivity index (χ0n) is 14.2. The number of rotatable bonds is 6. The Morgan fingerprint density at radius 1 is 1.15 bits per heavy atom. The number of ether oxygens (including phenoxy) is 2. The maximum absolute atomic E-state index is 12.3. The molecule has 7 heteroatoms. The molecule has 1 aromatic heterocycles. The Morgan fingerprint density at radius 3 is 2.54 bits per heavy atom. The number of carbonyl (C=O) groups excluding carboxylic acids is 1. The lowest BCUT2D eigenvalue weighted by atomic mass is 10.1. The van der Waals surface area contributed by atoms with Gasteiger partial charge in [0.2, 0.25) is 5.88 Å². The van der Waals surface area contributed by atoms with Crippen LogP contribution in [0.1, 0.15) is 6.92 Å². The molecule has 0 fully saturated rings. The first kappa shape index (κ1) is 17.8. The summed E-state index contributed by atoms with van der Waals surface area (Å²) in [6, 6.07) is 15.9. The van der Waals surface area contributed by atoms with Crippen LogP contribution < -0.4 is 14.8 Å². The minimum absolute atomic E-state index is 0.232. The number of amides is 1. The molecule has 1 amide bonds. The molecule has 0 aliphatic rings. The molecule has 0 unspecified atom stereocenters. The Bertz CT molecular complexity index is 893. The summed E-state index contributed by atoms with van der Waals surface area (Å²) in [6.45, 7) is 1.64. The lowest BCUT2D eigenvalue weighted by Gasteiger charge is -2.15. The summed E-state index contributed by atoms with van der Waals surface area (Å²) in [5, 5.41) is 7.22. The molecule has 0 saturated heterocycles. The van der Waals surface area contributed by atoms with Gasteiger partial charge in [-0.2, -0.15) is 0 Å². The van der Waals surface area contributed by atoms with Crippen LogP contribution in [0.25, 0.3) is 11.3 Å². The molecule has 3 rings (SSSR count). The van der Waals surface area contributed by atoms with Crippen molar-refractivity contribution in [3.8, 4) is 22.8 Å². The number of para-hydroxylation sites is 2. The molecule has 1 atom stereocenters. The third kappa shape index (κ3) is 4.15. The molecule has 3 aromatic rings. The fourth-order valence-corrected chi connectivity index (χ4v) is 2.40. The molecule has 0 saturated carbocycles. The van der Waals surface area contributed by atoms with Crippen molar-refractivity contribution in [2.75, 3.05) is 12.4 Å². The second-order valence-electron chi connectivity index (χ2n) is 5.48. The average molecular weight is 373 g/mol. The number of anilines is 1. The van der Waals surface area contributed by atoms with Gasteiger partial charge in [-0.3, -0.25) is 10.1 Å². The Hall–Kier alpha value is -2.99. The number of halogens is 1. The highest BCUT2D eigenvalue weighted by Crippen LogP contribution is 2.27. The van der Waals surface area contributed by atoms with Gasteiger partial charge in [-0.05, 0) is 31.2 Å². The van der Waals surface area contributed by atoms with Crippen molar-refractivity contribution in [2.45, 2.75) is 13.0 Å². The normalized spacial score (nSPS) is 11.7. The highest BCUT2D eigenvalue weighted by Gasteiger charge is 2.19. The van der Waals surface area contributed by atoms with Crippen molar-refractivity contribution in [1.82, 2.24) is 5.16 Å². The summed E-state index contributed by atoms with van der Waals surface area (Å²) in [6.07, 6.45) is -0.754. The van der Waals surface area contributed by atoms with Crippen molar-refractivity contribution in [3.05, 3.63) is 59.6 Å². The molecule has 26 heavy (non-hydrogen) atoms. The van der Waals surface area contributed by atoms with Gasteiger partial charge in [0.15, 0.2) is 17.6 Å². The second-order valence-corrected chi connectivity index (χ2v) is 5.92. The number of hydrogen-bond acceptors (Lipinski definition) is 5. The van der Waals surface area contributed by atoms with E-state index < -0.39 is 6.10 Å². The second kappa shape index (κ2) is 7.93. The number of nitrogens with zero attached hydrogens (tertiary/aromatic N) is 1. The summed E-state index contributed by atoms with van der Waals surface area (Å²) in [5.74, 6) is 0.902. The molecule has 0 bridgehead atoms. The number of hydrogen-bond donors (Lipinski definition) is 1. The van der Waals surface area contributed by atoms with E-state index in [1.807, 2.05) is 18.2 Å². The average Bonchev–Trinajstić information content (AvgIpc) is 3.11. The van der Waals surface area contributed by atoms with E-state index in [4.69, 9.17) is 25.6 Å². The van der Waals surface area contributed by atoms with Gasteiger partial charge in [0.05, 0.1) is 7.11 Å². The molecule has 0 radical (unpaired) electrons. The maximum atomic E-state index is 12.3. The van der Waals surface area contributed by atoms with Crippen LogP contribution in [0, 0.1) is 0 Å². The topological polar surface area (TPSA) is 73.6 Å². The van der Waals surface area contributed by atoms with Crippen LogP contribution in [0.3, 0.4) is 0 Å². The van der Waals surface area contributed by atoms with Crippen LogP contribution in [0.2, 0.25) is 5.02 Å². The monoisotopic (exact) mass is 372 g/mol. The molecular formula is C19H17ClN2O4.